The third-order valence-corrected chi connectivity index (χ3v) is 6.29. The van der Waals surface area contributed by atoms with Gasteiger partial charge in [-0.3, -0.25) is 9.78 Å². The molecule has 5 nitrogen and oxygen atoms in total. The zero-order valence-corrected chi connectivity index (χ0v) is 19.0. The minimum absolute atomic E-state index is 0.00672. The first kappa shape index (κ1) is 22.0. The van der Waals surface area contributed by atoms with E-state index >= 15 is 0 Å². The second-order valence-electron chi connectivity index (χ2n) is 8.49. The van der Waals surface area contributed by atoms with Gasteiger partial charge in [0.2, 0.25) is 5.91 Å². The number of methoxy groups -OCH3 is 1. The van der Waals surface area contributed by atoms with E-state index in [1.54, 1.807) is 7.11 Å². The lowest BCUT2D eigenvalue weighted by molar-refractivity contribution is -0.117. The first-order valence-corrected chi connectivity index (χ1v) is 11.2. The van der Waals surface area contributed by atoms with Crippen molar-refractivity contribution >= 4 is 17.3 Å². The minimum Gasteiger partial charge on any atom is -0.381 e. The van der Waals surface area contributed by atoms with Gasteiger partial charge in [0.05, 0.1) is 12.0 Å². The average molecular weight is 430 g/mol. The molecule has 4 rings (SSSR count). The van der Waals surface area contributed by atoms with Crippen LogP contribution in [0.4, 0.5) is 11.4 Å². The number of aromatic nitrogens is 1. The van der Waals surface area contributed by atoms with Crippen molar-refractivity contribution in [2.45, 2.75) is 38.7 Å². The van der Waals surface area contributed by atoms with Gasteiger partial charge in [-0.2, -0.15) is 0 Å². The molecule has 32 heavy (non-hydrogen) atoms. The maximum Gasteiger partial charge on any atom is 0.231 e. The first-order chi connectivity index (χ1) is 15.5. The van der Waals surface area contributed by atoms with Gasteiger partial charge < -0.3 is 15.0 Å². The van der Waals surface area contributed by atoms with E-state index < -0.39 is 0 Å². The van der Waals surface area contributed by atoms with Gasteiger partial charge in [0.1, 0.15) is 0 Å². The molecular formula is C27H31N3O2. The maximum atomic E-state index is 12.9. The van der Waals surface area contributed by atoms with Crippen molar-refractivity contribution in [3.05, 3.63) is 78.1 Å². The monoisotopic (exact) mass is 429 g/mol. The average Bonchev–Trinajstić information content (AvgIpc) is 2.84. The van der Waals surface area contributed by atoms with E-state index in [1.165, 1.54) is 5.69 Å². The van der Waals surface area contributed by atoms with Crippen LogP contribution in [0, 0.1) is 6.92 Å². The molecule has 0 spiro atoms. The molecule has 5 heteroatoms. The predicted octanol–water partition coefficient (Wildman–Crippen LogP) is 5.41. The summed E-state index contributed by atoms with van der Waals surface area (Å²) in [6, 6.07) is 20.4. The molecule has 1 unspecified atom stereocenters. The molecule has 1 aliphatic heterocycles. The number of hydrogen-bond donors (Lipinski definition) is 1. The summed E-state index contributed by atoms with van der Waals surface area (Å²) in [4.78, 5) is 19.6. The first-order valence-electron chi connectivity index (χ1n) is 11.2. The summed E-state index contributed by atoms with van der Waals surface area (Å²) in [5, 5.41) is 3.06. The molecule has 2 aromatic carbocycles. The molecule has 0 bridgehead atoms. The Bertz CT molecular complexity index is 1060. The highest BCUT2D eigenvalue weighted by Gasteiger charge is 2.21. The largest absolute Gasteiger partial charge is 0.381 e. The fraction of sp³-hybridized carbons (Fsp3) is 0.333. The SMILES string of the molecule is COC1CCN(c2cccc(C(C)C(=O)Nc3ccc(-c4ccnc(C)c4)cc3)c2)CC1. The molecule has 1 saturated heterocycles. The summed E-state index contributed by atoms with van der Waals surface area (Å²) >= 11 is 0. The highest BCUT2D eigenvalue weighted by molar-refractivity contribution is 5.96. The molecule has 0 saturated carbocycles. The lowest BCUT2D eigenvalue weighted by Crippen LogP contribution is -2.36. The summed E-state index contributed by atoms with van der Waals surface area (Å²) in [6.07, 6.45) is 4.24. The van der Waals surface area contributed by atoms with Gasteiger partial charge in [-0.25, -0.2) is 0 Å². The molecule has 1 atom stereocenters. The Balaban J connectivity index is 1.40. The van der Waals surface area contributed by atoms with Crippen LogP contribution in [0.2, 0.25) is 0 Å². The molecule has 0 radical (unpaired) electrons. The standard InChI is InChI=1S/C27H31N3O2/c1-19-17-23(11-14-28-19)21-7-9-24(10-8-21)29-27(31)20(2)22-5-4-6-25(18-22)30-15-12-26(32-3)13-16-30/h4-11,14,17-18,20,26H,12-13,15-16H2,1-3H3,(H,29,31). The second kappa shape index (κ2) is 9.96. The fourth-order valence-electron chi connectivity index (χ4n) is 4.21. The summed E-state index contributed by atoms with van der Waals surface area (Å²) < 4.78 is 5.48. The van der Waals surface area contributed by atoms with E-state index in [2.05, 4.69) is 33.4 Å². The number of rotatable bonds is 6. The van der Waals surface area contributed by atoms with Crippen LogP contribution in [0.25, 0.3) is 11.1 Å². The number of ether oxygens (including phenoxy) is 1. The number of anilines is 2. The van der Waals surface area contributed by atoms with Gasteiger partial charge in [0, 0.05) is 43.5 Å². The number of amides is 1. The van der Waals surface area contributed by atoms with Crippen molar-refractivity contribution < 1.29 is 9.53 Å². The number of piperidine rings is 1. The van der Waals surface area contributed by atoms with Gasteiger partial charge in [-0.05, 0) is 79.8 Å². The van der Waals surface area contributed by atoms with Crippen molar-refractivity contribution in [1.29, 1.82) is 0 Å². The van der Waals surface area contributed by atoms with E-state index in [4.69, 9.17) is 4.74 Å². The van der Waals surface area contributed by atoms with E-state index in [0.29, 0.717) is 6.10 Å². The molecule has 1 N–H and O–H groups in total. The van der Waals surface area contributed by atoms with E-state index in [0.717, 1.165) is 54.0 Å². The molecular weight excluding hydrogens is 398 g/mol. The molecule has 1 aliphatic rings. The van der Waals surface area contributed by atoms with Crippen LogP contribution >= 0.6 is 0 Å². The summed E-state index contributed by atoms with van der Waals surface area (Å²) in [5.74, 6) is -0.248. The van der Waals surface area contributed by atoms with Crippen LogP contribution in [-0.2, 0) is 9.53 Å². The number of hydrogen-bond acceptors (Lipinski definition) is 4. The third-order valence-electron chi connectivity index (χ3n) is 6.29. The summed E-state index contributed by atoms with van der Waals surface area (Å²) in [7, 11) is 1.79. The predicted molar refractivity (Wildman–Crippen MR) is 130 cm³/mol. The van der Waals surface area contributed by atoms with Crippen molar-refractivity contribution in [2.75, 3.05) is 30.4 Å². The zero-order chi connectivity index (χ0) is 22.5. The smallest absolute Gasteiger partial charge is 0.231 e. The lowest BCUT2D eigenvalue weighted by atomic mass is 9.98. The number of nitrogens with zero attached hydrogens (tertiary/aromatic N) is 2. The van der Waals surface area contributed by atoms with E-state index in [1.807, 2.05) is 62.5 Å². The normalized spacial score (nSPS) is 15.4. The van der Waals surface area contributed by atoms with Crippen LogP contribution in [0.5, 0.6) is 0 Å². The Labute approximate surface area is 190 Å². The fourth-order valence-corrected chi connectivity index (χ4v) is 4.21. The Hall–Kier alpha value is -3.18. The van der Waals surface area contributed by atoms with Gasteiger partial charge in [0.15, 0.2) is 0 Å². The molecule has 166 valence electrons. The van der Waals surface area contributed by atoms with Gasteiger partial charge in [0.25, 0.3) is 0 Å². The molecule has 2 heterocycles. The second-order valence-corrected chi connectivity index (χ2v) is 8.49. The molecule has 1 fully saturated rings. The Morgan fingerprint density at radius 2 is 1.81 bits per heavy atom. The van der Waals surface area contributed by atoms with Crippen molar-refractivity contribution in [3.63, 3.8) is 0 Å². The zero-order valence-electron chi connectivity index (χ0n) is 19.0. The lowest BCUT2D eigenvalue weighted by Gasteiger charge is -2.33. The highest BCUT2D eigenvalue weighted by atomic mass is 16.5. The van der Waals surface area contributed by atoms with Crippen molar-refractivity contribution in [3.8, 4) is 11.1 Å². The number of carbonyl (C=O) groups excluding carboxylic acids is 1. The number of benzene rings is 2. The molecule has 1 aromatic heterocycles. The van der Waals surface area contributed by atoms with Gasteiger partial charge >= 0.3 is 0 Å². The summed E-state index contributed by atoms with van der Waals surface area (Å²) in [5.41, 5.74) is 6.21. The number of carbonyl (C=O) groups is 1. The van der Waals surface area contributed by atoms with Crippen LogP contribution < -0.4 is 10.2 Å². The Morgan fingerprint density at radius 3 is 2.50 bits per heavy atom. The van der Waals surface area contributed by atoms with E-state index in [9.17, 15) is 4.79 Å². The van der Waals surface area contributed by atoms with Crippen molar-refractivity contribution in [2.24, 2.45) is 0 Å². The topological polar surface area (TPSA) is 54.5 Å². The van der Waals surface area contributed by atoms with E-state index in [-0.39, 0.29) is 11.8 Å². The van der Waals surface area contributed by atoms with Crippen LogP contribution in [-0.4, -0.2) is 37.2 Å². The highest BCUT2D eigenvalue weighted by Crippen LogP contribution is 2.27. The van der Waals surface area contributed by atoms with Crippen molar-refractivity contribution in [1.82, 2.24) is 4.98 Å². The maximum absolute atomic E-state index is 12.9. The van der Waals surface area contributed by atoms with Gasteiger partial charge in [-0.15, -0.1) is 0 Å². The number of nitrogens with one attached hydrogen (secondary N) is 1. The van der Waals surface area contributed by atoms with Crippen LogP contribution in [0.3, 0.4) is 0 Å². The third kappa shape index (κ3) is 5.17. The van der Waals surface area contributed by atoms with Crippen LogP contribution in [0.15, 0.2) is 66.9 Å². The summed E-state index contributed by atoms with van der Waals surface area (Å²) in [6.45, 7) is 5.90. The molecule has 0 aliphatic carbocycles. The van der Waals surface area contributed by atoms with Crippen LogP contribution in [0.1, 0.15) is 36.9 Å². The molecule has 1 amide bonds. The molecule has 3 aromatic rings. The number of pyridine rings is 1. The Kier molecular flexibility index (Phi) is 6.86. The Morgan fingerprint density at radius 1 is 1.06 bits per heavy atom. The minimum atomic E-state index is -0.242. The number of aryl methyl sites for hydroxylation is 1. The quantitative estimate of drug-likeness (QED) is 0.569. The van der Waals surface area contributed by atoms with Gasteiger partial charge in [-0.1, -0.05) is 24.3 Å².